The molecule has 2 heterocycles. The molecule has 0 saturated carbocycles. The van der Waals surface area contributed by atoms with Gasteiger partial charge in [-0.25, -0.2) is 0 Å². The molecule has 2 amide bonds. The smallest absolute Gasteiger partial charge is 0.487 e. The van der Waals surface area contributed by atoms with Crippen LogP contribution in [-0.4, -0.2) is 48.9 Å². The topological polar surface area (TPSA) is 76.7 Å². The van der Waals surface area contributed by atoms with Crippen molar-refractivity contribution < 1.29 is 46.8 Å². The minimum atomic E-state index is -4.69. The number of alkyl halides is 6. The number of carbonyl (C=O) groups excluding carboxylic acids is 2. The molecular formula is C36H43F6N2O4S2+. The summed E-state index contributed by atoms with van der Waals surface area (Å²) in [6.07, 6.45) is -6.41. The Hall–Kier alpha value is -3.52. The number of anilines is 2. The molecule has 2 aromatic carbocycles. The summed E-state index contributed by atoms with van der Waals surface area (Å²) in [7, 11) is 0. The normalized spacial score (nSPS) is 16.3. The van der Waals surface area contributed by atoms with Gasteiger partial charge in [0.15, 0.2) is 0 Å². The summed E-state index contributed by atoms with van der Waals surface area (Å²) >= 11 is 1.73. The third-order valence-corrected chi connectivity index (χ3v) is 9.30. The van der Waals surface area contributed by atoms with E-state index in [1.807, 2.05) is 58.0 Å². The van der Waals surface area contributed by atoms with Crippen molar-refractivity contribution in [3.05, 3.63) is 87.1 Å². The van der Waals surface area contributed by atoms with E-state index in [1.54, 1.807) is 24.3 Å². The molecule has 0 radical (unpaired) electrons. The Morgan fingerprint density at radius 2 is 1.24 bits per heavy atom. The molecule has 0 aliphatic carbocycles. The number of hydrogen-bond donors (Lipinski definition) is 2. The Morgan fingerprint density at radius 3 is 1.72 bits per heavy atom. The second-order valence-electron chi connectivity index (χ2n) is 12.4. The molecule has 1 atom stereocenters. The van der Waals surface area contributed by atoms with E-state index in [9.17, 15) is 35.9 Å². The maximum absolute atomic E-state index is 13.1. The van der Waals surface area contributed by atoms with E-state index in [0.717, 1.165) is 46.6 Å². The average molecular weight is 746 g/mol. The molecule has 1 unspecified atom stereocenters. The quantitative estimate of drug-likeness (QED) is 0.249. The zero-order chi connectivity index (χ0) is 37.2. The predicted molar refractivity (Wildman–Crippen MR) is 191 cm³/mol. The summed E-state index contributed by atoms with van der Waals surface area (Å²) in [5.74, 6) is -2.41. The molecule has 2 N–H and O–H groups in total. The van der Waals surface area contributed by atoms with Gasteiger partial charge in [0.1, 0.15) is 9.81 Å². The minimum absolute atomic E-state index is 0. The summed E-state index contributed by atoms with van der Waals surface area (Å²) in [6, 6.07) is 14.3. The second kappa shape index (κ2) is 18.1. The molecule has 0 bridgehead atoms. The average Bonchev–Trinajstić information content (AvgIpc) is 3.04. The Morgan fingerprint density at radius 1 is 0.780 bits per heavy atom. The van der Waals surface area contributed by atoms with Gasteiger partial charge in [-0.3, -0.25) is 9.59 Å². The van der Waals surface area contributed by atoms with Crippen LogP contribution in [0, 0.1) is 11.8 Å². The van der Waals surface area contributed by atoms with Gasteiger partial charge in [-0.2, -0.15) is 26.3 Å². The highest BCUT2D eigenvalue weighted by Crippen LogP contribution is 2.39. The number of ether oxygens (including phenoxy) is 2. The first-order valence-corrected chi connectivity index (χ1v) is 18.0. The van der Waals surface area contributed by atoms with Gasteiger partial charge in [-0.15, -0.1) is 23.5 Å². The largest absolute Gasteiger partial charge is 1.00 e. The molecule has 0 spiro atoms. The van der Waals surface area contributed by atoms with Crippen LogP contribution >= 0.6 is 23.5 Å². The number of allylic oxidation sites excluding steroid dienone is 4. The van der Waals surface area contributed by atoms with Gasteiger partial charge < -0.3 is 20.1 Å². The molecule has 2 aromatic rings. The highest BCUT2D eigenvalue weighted by atomic mass is 32.2. The van der Waals surface area contributed by atoms with E-state index >= 15 is 0 Å². The van der Waals surface area contributed by atoms with Crippen LogP contribution in [0.25, 0.3) is 5.57 Å². The van der Waals surface area contributed by atoms with Crippen molar-refractivity contribution in [2.45, 2.75) is 66.2 Å². The fourth-order valence-electron chi connectivity index (χ4n) is 5.35. The monoisotopic (exact) mass is 745 g/mol. The first-order valence-electron chi connectivity index (χ1n) is 16.0. The Kier molecular flexibility index (Phi) is 14.8. The molecule has 0 saturated heterocycles. The molecule has 274 valence electrons. The number of rotatable bonds is 9. The lowest BCUT2D eigenvalue weighted by Gasteiger charge is -2.23. The van der Waals surface area contributed by atoms with Gasteiger partial charge in [0.05, 0.1) is 13.2 Å². The fourth-order valence-corrected chi connectivity index (χ4v) is 7.07. The van der Waals surface area contributed by atoms with Crippen molar-refractivity contribution in [3.63, 3.8) is 0 Å². The number of para-hydroxylation sites is 2. The van der Waals surface area contributed by atoms with Crippen LogP contribution in [0.4, 0.5) is 37.7 Å². The zero-order valence-electron chi connectivity index (χ0n) is 29.7. The van der Waals surface area contributed by atoms with Crippen molar-refractivity contribution >= 4 is 52.3 Å². The number of nitrogens with one attached hydrogen (secondary N) is 2. The highest BCUT2D eigenvalue weighted by Gasteiger charge is 2.43. The lowest BCUT2D eigenvalue weighted by atomic mass is 9.91. The van der Waals surface area contributed by atoms with E-state index < -0.39 is 45.5 Å². The van der Waals surface area contributed by atoms with Crippen molar-refractivity contribution in [3.8, 4) is 0 Å². The number of benzene rings is 2. The van der Waals surface area contributed by atoms with Gasteiger partial charge in [-0.1, -0.05) is 77.1 Å². The lowest BCUT2D eigenvalue weighted by molar-refractivity contribution is -0.133. The first-order chi connectivity index (χ1) is 23.4. The SMILES string of the molecule is CC(=CC(C)C)c1ccccc1NC(=O)C1=C(C(F)(F)F)OCCS1.CC(C)CC(C)c1ccccc1NC(=O)C1=C(C(F)(F)F)OCCS1.[H+]. The van der Waals surface area contributed by atoms with E-state index in [-0.39, 0.29) is 20.6 Å². The van der Waals surface area contributed by atoms with E-state index in [2.05, 4.69) is 24.5 Å². The van der Waals surface area contributed by atoms with Crippen LogP contribution in [0.5, 0.6) is 0 Å². The molecule has 0 aromatic heterocycles. The Bertz CT molecular complexity index is 1610. The van der Waals surface area contributed by atoms with Crippen molar-refractivity contribution in [2.75, 3.05) is 35.4 Å². The van der Waals surface area contributed by atoms with Crippen LogP contribution in [0.3, 0.4) is 0 Å². The maximum Gasteiger partial charge on any atom is 1.00 e. The van der Waals surface area contributed by atoms with Gasteiger partial charge in [0.25, 0.3) is 11.8 Å². The minimum Gasteiger partial charge on any atom is -0.487 e. The number of amides is 2. The Labute approximate surface area is 299 Å². The molecule has 6 nitrogen and oxygen atoms in total. The van der Waals surface area contributed by atoms with Gasteiger partial charge in [-0.05, 0) is 54.4 Å². The lowest BCUT2D eigenvalue weighted by Crippen LogP contribution is -2.26. The summed E-state index contributed by atoms with van der Waals surface area (Å²) in [5.41, 5.74) is 3.66. The van der Waals surface area contributed by atoms with Crippen molar-refractivity contribution in [2.24, 2.45) is 11.8 Å². The maximum atomic E-state index is 13.1. The fraction of sp³-hybridized carbons (Fsp3) is 0.444. The molecule has 50 heavy (non-hydrogen) atoms. The zero-order valence-corrected chi connectivity index (χ0v) is 30.3. The molecular weight excluding hydrogens is 703 g/mol. The molecule has 14 heteroatoms. The third kappa shape index (κ3) is 11.8. The molecule has 2 aliphatic rings. The van der Waals surface area contributed by atoms with Crippen LogP contribution in [0.1, 0.15) is 66.4 Å². The second-order valence-corrected chi connectivity index (χ2v) is 14.6. The van der Waals surface area contributed by atoms with Gasteiger partial charge in [0, 0.05) is 28.4 Å². The third-order valence-electron chi connectivity index (χ3n) is 7.24. The number of carbonyl (C=O) groups is 2. The van der Waals surface area contributed by atoms with Crippen molar-refractivity contribution in [1.29, 1.82) is 0 Å². The summed E-state index contributed by atoms with van der Waals surface area (Å²) < 4.78 is 87.8. The standard InChI is InChI=1S/C18H22F3NO2S.C18H20F3NO2S/c2*1-11(2)10-12(3)13-6-4-5-7-14(13)22-17(23)15-16(18(19,20)21)24-8-9-25-15/h4-7,11-12H,8-10H2,1-3H3,(H,22,23);4-7,10-11H,8-9H2,1-3H3,(H,22,23)/p+1. The summed E-state index contributed by atoms with van der Waals surface area (Å²) in [4.78, 5) is 24.0. The van der Waals surface area contributed by atoms with Crippen LogP contribution in [0.15, 0.2) is 75.9 Å². The van der Waals surface area contributed by atoms with Gasteiger partial charge >= 0.3 is 13.8 Å². The highest BCUT2D eigenvalue weighted by molar-refractivity contribution is 8.04. The number of thioether (sulfide) groups is 2. The van der Waals surface area contributed by atoms with E-state index in [1.165, 1.54) is 0 Å². The van der Waals surface area contributed by atoms with E-state index in [0.29, 0.717) is 34.7 Å². The van der Waals surface area contributed by atoms with Crippen molar-refractivity contribution in [1.82, 2.24) is 0 Å². The summed E-state index contributed by atoms with van der Waals surface area (Å²) in [5, 5.41) is 5.24. The first kappa shape index (κ1) is 40.9. The molecule has 0 fully saturated rings. The molecule has 2 aliphatic heterocycles. The van der Waals surface area contributed by atoms with Crippen LogP contribution in [0.2, 0.25) is 0 Å². The molecule has 4 rings (SSSR count). The van der Waals surface area contributed by atoms with E-state index in [4.69, 9.17) is 9.47 Å². The summed E-state index contributed by atoms with van der Waals surface area (Å²) in [6.45, 7) is 12.1. The number of hydrogen-bond acceptors (Lipinski definition) is 6. The Balaban J connectivity index is 0.000000347. The number of halogens is 6. The van der Waals surface area contributed by atoms with Crippen LogP contribution in [-0.2, 0) is 19.1 Å². The van der Waals surface area contributed by atoms with Crippen LogP contribution < -0.4 is 10.6 Å². The predicted octanol–water partition coefficient (Wildman–Crippen LogP) is 10.6. The van der Waals surface area contributed by atoms with Gasteiger partial charge in [0.2, 0.25) is 11.5 Å².